The maximum Gasteiger partial charge on any atom is 0.219 e. The summed E-state index contributed by atoms with van der Waals surface area (Å²) >= 11 is 0. The monoisotopic (exact) mass is 454 g/mol. The van der Waals surface area contributed by atoms with Crippen LogP contribution in [0.25, 0.3) is 0 Å². The van der Waals surface area contributed by atoms with Gasteiger partial charge in [-0.2, -0.15) is 0 Å². The first kappa shape index (κ1) is 20.8. The van der Waals surface area contributed by atoms with Gasteiger partial charge in [-0.25, -0.2) is 4.98 Å². The Morgan fingerprint density at radius 1 is 1.24 bits per heavy atom. The lowest BCUT2D eigenvalue weighted by atomic mass is 10.3. The fourth-order valence-corrected chi connectivity index (χ4v) is 1.94. The summed E-state index contributed by atoms with van der Waals surface area (Å²) in [6.07, 6.45) is 3.54. The van der Waals surface area contributed by atoms with E-state index in [0.29, 0.717) is 30.7 Å². The molecule has 0 aliphatic heterocycles. The highest BCUT2D eigenvalue weighted by molar-refractivity contribution is 14.0. The van der Waals surface area contributed by atoms with E-state index in [2.05, 4.69) is 27.2 Å². The smallest absolute Gasteiger partial charge is 0.219 e. The maximum absolute atomic E-state index is 5.72. The maximum atomic E-state index is 5.72. The van der Waals surface area contributed by atoms with Crippen LogP contribution in [0.2, 0.25) is 0 Å². The number of aromatic nitrogens is 1. The van der Waals surface area contributed by atoms with Gasteiger partial charge in [-0.3, -0.25) is 4.99 Å². The van der Waals surface area contributed by atoms with Crippen LogP contribution >= 0.6 is 24.0 Å². The Morgan fingerprint density at radius 2 is 2.04 bits per heavy atom. The Labute approximate surface area is 165 Å². The molecule has 2 N–H and O–H groups in total. The number of ether oxygens (including phenoxy) is 2. The number of hydrogen-bond acceptors (Lipinski definition) is 4. The van der Waals surface area contributed by atoms with E-state index in [0.717, 1.165) is 11.3 Å². The van der Waals surface area contributed by atoms with Gasteiger partial charge >= 0.3 is 0 Å². The predicted molar refractivity (Wildman–Crippen MR) is 111 cm³/mol. The van der Waals surface area contributed by atoms with Gasteiger partial charge in [0.15, 0.2) is 5.96 Å². The molecule has 0 aliphatic carbocycles. The van der Waals surface area contributed by atoms with Crippen molar-refractivity contribution in [2.75, 3.05) is 20.7 Å². The van der Waals surface area contributed by atoms with Crippen molar-refractivity contribution in [2.45, 2.75) is 6.54 Å². The molecular formula is C18H23IN4O2. The SMILES string of the molecule is C=CCNC(=NC)NCc1ccc(Oc2cccc(OC)c2)nc1.I. The van der Waals surface area contributed by atoms with Gasteiger partial charge in [-0.1, -0.05) is 18.2 Å². The minimum atomic E-state index is 0. The number of benzene rings is 1. The second-order valence-electron chi connectivity index (χ2n) is 4.88. The summed E-state index contributed by atoms with van der Waals surface area (Å²) < 4.78 is 10.9. The van der Waals surface area contributed by atoms with E-state index < -0.39 is 0 Å². The molecule has 2 rings (SSSR count). The largest absolute Gasteiger partial charge is 0.497 e. The van der Waals surface area contributed by atoms with Crippen molar-refractivity contribution >= 4 is 29.9 Å². The molecule has 0 unspecified atom stereocenters. The third kappa shape index (κ3) is 7.00. The standard InChI is InChI=1S/C18H22N4O2.HI/c1-4-10-20-18(19-2)22-13-14-8-9-17(21-12-14)24-16-7-5-6-15(11-16)23-3;/h4-9,11-12H,1,10,13H2,2-3H3,(H2,19,20,22);1H. The quantitative estimate of drug-likeness (QED) is 0.291. The molecule has 2 aromatic rings. The lowest BCUT2D eigenvalue weighted by Crippen LogP contribution is -2.36. The molecule has 0 spiro atoms. The van der Waals surface area contributed by atoms with Crippen LogP contribution in [0.15, 0.2) is 60.2 Å². The van der Waals surface area contributed by atoms with Crippen molar-refractivity contribution in [2.24, 2.45) is 4.99 Å². The van der Waals surface area contributed by atoms with Gasteiger partial charge < -0.3 is 20.1 Å². The van der Waals surface area contributed by atoms with Crippen LogP contribution in [-0.2, 0) is 6.54 Å². The summed E-state index contributed by atoms with van der Waals surface area (Å²) in [5.74, 6) is 2.67. The summed E-state index contributed by atoms with van der Waals surface area (Å²) in [4.78, 5) is 8.44. The number of rotatable bonds is 7. The molecule has 6 nitrogen and oxygen atoms in total. The Kier molecular flexibility index (Phi) is 9.38. The molecule has 0 radical (unpaired) electrons. The first-order valence-electron chi connectivity index (χ1n) is 7.57. The van der Waals surface area contributed by atoms with E-state index in [-0.39, 0.29) is 24.0 Å². The minimum absolute atomic E-state index is 0. The van der Waals surface area contributed by atoms with Gasteiger partial charge in [-0.15, -0.1) is 30.6 Å². The third-order valence-corrected chi connectivity index (χ3v) is 3.16. The van der Waals surface area contributed by atoms with Crippen LogP contribution in [0.1, 0.15) is 5.56 Å². The van der Waals surface area contributed by atoms with Crippen LogP contribution in [0.5, 0.6) is 17.4 Å². The second kappa shape index (κ2) is 11.3. The van der Waals surface area contributed by atoms with E-state index >= 15 is 0 Å². The first-order chi connectivity index (χ1) is 11.7. The van der Waals surface area contributed by atoms with Gasteiger partial charge in [0.1, 0.15) is 11.5 Å². The molecule has 0 fully saturated rings. The van der Waals surface area contributed by atoms with Crippen molar-refractivity contribution in [1.29, 1.82) is 0 Å². The molecule has 0 amide bonds. The number of aliphatic imine (C=N–C) groups is 1. The average molecular weight is 454 g/mol. The van der Waals surface area contributed by atoms with Gasteiger partial charge in [0.2, 0.25) is 5.88 Å². The highest BCUT2D eigenvalue weighted by atomic mass is 127. The summed E-state index contributed by atoms with van der Waals surface area (Å²) in [5.41, 5.74) is 1.02. The number of pyridine rings is 1. The zero-order chi connectivity index (χ0) is 17.2. The van der Waals surface area contributed by atoms with E-state index in [1.807, 2.05) is 36.4 Å². The highest BCUT2D eigenvalue weighted by Crippen LogP contribution is 2.23. The molecule has 0 saturated heterocycles. The molecule has 0 saturated carbocycles. The van der Waals surface area contributed by atoms with Gasteiger partial charge in [-0.05, 0) is 17.7 Å². The molecular weight excluding hydrogens is 431 g/mol. The van der Waals surface area contributed by atoms with Crippen LogP contribution < -0.4 is 20.1 Å². The van der Waals surface area contributed by atoms with Crippen molar-refractivity contribution in [3.63, 3.8) is 0 Å². The first-order valence-corrected chi connectivity index (χ1v) is 7.57. The number of halogens is 1. The summed E-state index contributed by atoms with van der Waals surface area (Å²) in [5, 5.41) is 6.31. The molecule has 1 aromatic heterocycles. The van der Waals surface area contributed by atoms with Gasteiger partial charge in [0.25, 0.3) is 0 Å². The van der Waals surface area contributed by atoms with E-state index in [1.165, 1.54) is 0 Å². The summed E-state index contributed by atoms with van der Waals surface area (Å²) in [6.45, 7) is 4.94. The molecule has 7 heteroatoms. The zero-order valence-corrected chi connectivity index (χ0v) is 16.7. The molecule has 0 aliphatic rings. The van der Waals surface area contributed by atoms with E-state index in [1.54, 1.807) is 26.4 Å². The second-order valence-corrected chi connectivity index (χ2v) is 4.88. The molecule has 0 atom stereocenters. The fraction of sp³-hybridized carbons (Fsp3) is 0.222. The number of methoxy groups -OCH3 is 1. The molecule has 1 aromatic carbocycles. The topological polar surface area (TPSA) is 67.8 Å². The highest BCUT2D eigenvalue weighted by Gasteiger charge is 2.02. The van der Waals surface area contributed by atoms with Crippen molar-refractivity contribution in [1.82, 2.24) is 15.6 Å². The Hall–Kier alpha value is -2.29. The van der Waals surface area contributed by atoms with Crippen molar-refractivity contribution < 1.29 is 9.47 Å². The fourth-order valence-electron chi connectivity index (χ4n) is 1.94. The van der Waals surface area contributed by atoms with Crippen LogP contribution in [0, 0.1) is 0 Å². The number of nitrogens with one attached hydrogen (secondary N) is 2. The van der Waals surface area contributed by atoms with Crippen molar-refractivity contribution in [3.8, 4) is 17.4 Å². The average Bonchev–Trinajstić information content (AvgIpc) is 2.63. The zero-order valence-electron chi connectivity index (χ0n) is 14.4. The number of hydrogen-bond donors (Lipinski definition) is 2. The lowest BCUT2D eigenvalue weighted by Gasteiger charge is -2.11. The van der Waals surface area contributed by atoms with E-state index in [4.69, 9.17) is 9.47 Å². The Balaban J connectivity index is 0.00000312. The lowest BCUT2D eigenvalue weighted by molar-refractivity contribution is 0.407. The normalized spacial score (nSPS) is 10.4. The molecule has 134 valence electrons. The summed E-state index contributed by atoms with van der Waals surface area (Å²) in [7, 11) is 3.35. The summed E-state index contributed by atoms with van der Waals surface area (Å²) in [6, 6.07) is 11.2. The predicted octanol–water partition coefficient (Wildman–Crippen LogP) is 3.35. The van der Waals surface area contributed by atoms with Crippen LogP contribution in [0.4, 0.5) is 0 Å². The Bertz CT molecular complexity index is 690. The van der Waals surface area contributed by atoms with Crippen LogP contribution in [0.3, 0.4) is 0 Å². The van der Waals surface area contributed by atoms with Gasteiger partial charge in [0, 0.05) is 38.5 Å². The minimum Gasteiger partial charge on any atom is -0.497 e. The van der Waals surface area contributed by atoms with Gasteiger partial charge in [0.05, 0.1) is 7.11 Å². The molecule has 1 heterocycles. The number of guanidine groups is 1. The van der Waals surface area contributed by atoms with E-state index in [9.17, 15) is 0 Å². The molecule has 0 bridgehead atoms. The molecule has 25 heavy (non-hydrogen) atoms. The van der Waals surface area contributed by atoms with Crippen molar-refractivity contribution in [3.05, 3.63) is 60.8 Å². The Morgan fingerprint density at radius 3 is 2.68 bits per heavy atom. The third-order valence-electron chi connectivity index (χ3n) is 3.16. The number of nitrogens with zero attached hydrogens (tertiary/aromatic N) is 2. The van der Waals surface area contributed by atoms with Crippen LogP contribution in [-0.4, -0.2) is 31.6 Å².